The van der Waals surface area contributed by atoms with Crippen molar-refractivity contribution in [3.63, 3.8) is 0 Å². The Morgan fingerprint density at radius 1 is 1.31 bits per heavy atom. The molecule has 16 heavy (non-hydrogen) atoms. The summed E-state index contributed by atoms with van der Waals surface area (Å²) in [6.07, 6.45) is 3.42. The third-order valence-electron chi connectivity index (χ3n) is 2.48. The van der Waals surface area contributed by atoms with Gasteiger partial charge in [0.05, 0.1) is 11.9 Å². The maximum absolute atomic E-state index is 5.45. The van der Waals surface area contributed by atoms with E-state index in [2.05, 4.69) is 15.4 Å². The number of fused-ring (bicyclic) bond motifs is 1. The number of para-hydroxylation sites is 1. The lowest BCUT2D eigenvalue weighted by molar-refractivity contribution is 0.617. The largest absolute Gasteiger partial charge is 0.464 e. The van der Waals surface area contributed by atoms with E-state index in [9.17, 15) is 0 Å². The molecule has 80 valence electrons. The Labute approximate surface area is 91.3 Å². The average molecular weight is 214 g/mol. The van der Waals surface area contributed by atoms with Crippen LogP contribution in [0.15, 0.2) is 41.1 Å². The molecule has 0 bridgehead atoms. The standard InChI is InChI=1S/C11H10N4O/c12-15-11-13-5-9(14-11)8-6-16-10-4-2-1-3-7(8)10/h1-6H,12H2,(H2,13,14,15). The number of aromatic nitrogens is 2. The third-order valence-corrected chi connectivity index (χ3v) is 2.48. The normalized spacial score (nSPS) is 10.8. The van der Waals surface area contributed by atoms with Crippen LogP contribution in [-0.2, 0) is 0 Å². The minimum Gasteiger partial charge on any atom is -0.464 e. The van der Waals surface area contributed by atoms with Gasteiger partial charge in [-0.2, -0.15) is 0 Å². The van der Waals surface area contributed by atoms with Crippen LogP contribution in [0, 0.1) is 0 Å². The van der Waals surface area contributed by atoms with Gasteiger partial charge in [-0.05, 0) is 6.07 Å². The van der Waals surface area contributed by atoms with Crippen molar-refractivity contribution in [2.45, 2.75) is 0 Å². The Bertz CT molecular complexity index is 625. The molecule has 0 spiro atoms. The predicted octanol–water partition coefficient (Wildman–Crippen LogP) is 2.11. The first-order valence-corrected chi connectivity index (χ1v) is 4.87. The fourth-order valence-corrected chi connectivity index (χ4v) is 1.72. The lowest BCUT2D eigenvalue weighted by Gasteiger charge is -1.93. The molecule has 1 aromatic carbocycles. The zero-order chi connectivity index (χ0) is 11.0. The van der Waals surface area contributed by atoms with Gasteiger partial charge in [-0.1, -0.05) is 18.2 Å². The molecule has 4 N–H and O–H groups in total. The van der Waals surface area contributed by atoms with Crippen LogP contribution < -0.4 is 11.3 Å². The van der Waals surface area contributed by atoms with E-state index in [1.807, 2.05) is 24.3 Å². The van der Waals surface area contributed by atoms with Crippen LogP contribution in [-0.4, -0.2) is 9.97 Å². The van der Waals surface area contributed by atoms with Crippen LogP contribution in [0.1, 0.15) is 0 Å². The zero-order valence-corrected chi connectivity index (χ0v) is 8.40. The van der Waals surface area contributed by atoms with Crippen molar-refractivity contribution in [3.05, 3.63) is 36.7 Å². The number of furan rings is 1. The Balaban J connectivity index is 2.18. The molecule has 0 amide bonds. The Morgan fingerprint density at radius 2 is 2.19 bits per heavy atom. The van der Waals surface area contributed by atoms with E-state index in [0.29, 0.717) is 5.95 Å². The number of hydrazine groups is 1. The van der Waals surface area contributed by atoms with Gasteiger partial charge in [0, 0.05) is 10.9 Å². The maximum atomic E-state index is 5.45. The second-order valence-corrected chi connectivity index (χ2v) is 3.44. The monoisotopic (exact) mass is 214 g/mol. The van der Waals surface area contributed by atoms with Crippen molar-refractivity contribution in [1.82, 2.24) is 9.97 Å². The number of rotatable bonds is 2. The quantitative estimate of drug-likeness (QED) is 0.451. The summed E-state index contributed by atoms with van der Waals surface area (Å²) in [6.45, 7) is 0. The highest BCUT2D eigenvalue weighted by molar-refractivity contribution is 5.92. The molecule has 5 nitrogen and oxygen atoms in total. The molecule has 3 rings (SSSR count). The van der Waals surface area contributed by atoms with Gasteiger partial charge in [-0.3, -0.25) is 5.43 Å². The van der Waals surface area contributed by atoms with Crippen LogP contribution in [0.2, 0.25) is 0 Å². The molecule has 0 unspecified atom stereocenters. The summed E-state index contributed by atoms with van der Waals surface area (Å²) in [7, 11) is 0. The highest BCUT2D eigenvalue weighted by Crippen LogP contribution is 2.29. The van der Waals surface area contributed by atoms with Gasteiger partial charge >= 0.3 is 0 Å². The smallest absolute Gasteiger partial charge is 0.215 e. The Kier molecular flexibility index (Phi) is 1.91. The Morgan fingerprint density at radius 3 is 3.00 bits per heavy atom. The number of benzene rings is 1. The summed E-state index contributed by atoms with van der Waals surface area (Å²) < 4.78 is 5.45. The number of anilines is 1. The Hall–Kier alpha value is -2.27. The van der Waals surface area contributed by atoms with E-state index in [4.69, 9.17) is 10.3 Å². The maximum Gasteiger partial charge on any atom is 0.215 e. The number of nitrogen functional groups attached to an aromatic ring is 1. The number of imidazole rings is 1. The molecule has 0 saturated heterocycles. The number of hydrogen-bond donors (Lipinski definition) is 3. The molecule has 3 aromatic rings. The SMILES string of the molecule is NNc1ncc(-c2coc3ccccc23)[nH]1. The molecule has 2 heterocycles. The second kappa shape index (κ2) is 3.39. The number of nitrogens with two attached hydrogens (primary N) is 1. The summed E-state index contributed by atoms with van der Waals surface area (Å²) in [5.74, 6) is 5.79. The predicted molar refractivity (Wildman–Crippen MR) is 61.6 cm³/mol. The minimum atomic E-state index is 0.528. The van der Waals surface area contributed by atoms with Crippen LogP contribution >= 0.6 is 0 Å². The summed E-state index contributed by atoms with van der Waals surface area (Å²) in [5, 5.41) is 1.05. The first-order chi connectivity index (χ1) is 7.88. The summed E-state index contributed by atoms with van der Waals surface area (Å²) in [4.78, 5) is 7.11. The van der Waals surface area contributed by atoms with Gasteiger partial charge in [0.2, 0.25) is 5.95 Å². The van der Waals surface area contributed by atoms with Crippen molar-refractivity contribution in [2.24, 2.45) is 5.84 Å². The number of nitrogens with zero attached hydrogens (tertiary/aromatic N) is 1. The molecule has 5 heteroatoms. The van der Waals surface area contributed by atoms with Crippen LogP contribution in [0.3, 0.4) is 0 Å². The van der Waals surface area contributed by atoms with Crippen molar-refractivity contribution in [1.29, 1.82) is 0 Å². The summed E-state index contributed by atoms with van der Waals surface area (Å²) >= 11 is 0. The van der Waals surface area contributed by atoms with Gasteiger partial charge in [-0.15, -0.1) is 0 Å². The summed E-state index contributed by atoms with van der Waals surface area (Å²) in [5.41, 5.74) is 5.17. The minimum absolute atomic E-state index is 0.528. The van der Waals surface area contributed by atoms with E-state index in [1.54, 1.807) is 12.5 Å². The molecular weight excluding hydrogens is 204 g/mol. The highest BCUT2D eigenvalue weighted by Gasteiger charge is 2.09. The number of hydrogen-bond acceptors (Lipinski definition) is 4. The molecule has 0 fully saturated rings. The van der Waals surface area contributed by atoms with Crippen LogP contribution in [0.5, 0.6) is 0 Å². The topological polar surface area (TPSA) is 79.9 Å². The lowest BCUT2D eigenvalue weighted by Crippen LogP contribution is -2.07. The molecule has 0 atom stereocenters. The van der Waals surface area contributed by atoms with Gasteiger partial charge < -0.3 is 9.40 Å². The molecule has 0 radical (unpaired) electrons. The molecule has 0 aliphatic carbocycles. The first-order valence-electron chi connectivity index (χ1n) is 4.87. The average Bonchev–Trinajstić information content (AvgIpc) is 2.94. The highest BCUT2D eigenvalue weighted by atomic mass is 16.3. The molecular formula is C11H10N4O. The van der Waals surface area contributed by atoms with Gasteiger partial charge in [-0.25, -0.2) is 10.8 Å². The van der Waals surface area contributed by atoms with E-state index in [0.717, 1.165) is 22.2 Å². The second-order valence-electron chi connectivity index (χ2n) is 3.44. The first kappa shape index (κ1) is 8.99. The molecule has 0 aliphatic rings. The van der Waals surface area contributed by atoms with Gasteiger partial charge in [0.25, 0.3) is 0 Å². The van der Waals surface area contributed by atoms with E-state index in [1.165, 1.54) is 0 Å². The van der Waals surface area contributed by atoms with Crippen molar-refractivity contribution >= 4 is 16.9 Å². The lowest BCUT2D eigenvalue weighted by atomic mass is 10.1. The summed E-state index contributed by atoms with van der Waals surface area (Å²) in [6, 6.07) is 7.84. The zero-order valence-electron chi connectivity index (χ0n) is 8.40. The number of nitrogens with one attached hydrogen (secondary N) is 2. The fourth-order valence-electron chi connectivity index (χ4n) is 1.72. The fraction of sp³-hybridized carbons (Fsp3) is 0. The van der Waals surface area contributed by atoms with Crippen molar-refractivity contribution < 1.29 is 4.42 Å². The van der Waals surface area contributed by atoms with Crippen LogP contribution in [0.4, 0.5) is 5.95 Å². The van der Waals surface area contributed by atoms with Gasteiger partial charge in [0.15, 0.2) is 0 Å². The molecule has 2 aromatic heterocycles. The van der Waals surface area contributed by atoms with Crippen molar-refractivity contribution in [2.75, 3.05) is 5.43 Å². The van der Waals surface area contributed by atoms with Crippen molar-refractivity contribution in [3.8, 4) is 11.3 Å². The van der Waals surface area contributed by atoms with Crippen LogP contribution in [0.25, 0.3) is 22.2 Å². The third kappa shape index (κ3) is 1.26. The van der Waals surface area contributed by atoms with Gasteiger partial charge in [0.1, 0.15) is 11.8 Å². The van der Waals surface area contributed by atoms with E-state index < -0.39 is 0 Å². The molecule has 0 saturated carbocycles. The number of H-pyrrole nitrogens is 1. The van der Waals surface area contributed by atoms with E-state index in [-0.39, 0.29) is 0 Å². The number of aromatic amines is 1. The molecule has 0 aliphatic heterocycles. The van der Waals surface area contributed by atoms with E-state index >= 15 is 0 Å².